The van der Waals surface area contributed by atoms with Gasteiger partial charge in [0.05, 0.1) is 10.8 Å². The Morgan fingerprint density at radius 1 is 1.42 bits per heavy atom. The Balaban J connectivity index is 1.71. The molecule has 0 saturated heterocycles. The standard InChI is InChI=1S/C16H16ClN3O2S2/c1-3-9(2)18-12(21)8-23-16-20-19-15(22-16)14-13(17)10-6-4-5-7-11(10)24-14/h4-7,9H,3,8H2,1-2H3,(H,18,21)/t9-/m1/s1. The summed E-state index contributed by atoms with van der Waals surface area (Å²) in [7, 11) is 0. The quantitative estimate of drug-likeness (QED) is 0.631. The number of nitrogens with zero attached hydrogens (tertiary/aromatic N) is 2. The van der Waals surface area contributed by atoms with Crippen LogP contribution < -0.4 is 5.32 Å². The number of thioether (sulfide) groups is 1. The predicted octanol–water partition coefficient (Wildman–Crippen LogP) is 4.61. The van der Waals surface area contributed by atoms with Gasteiger partial charge in [0.2, 0.25) is 5.91 Å². The van der Waals surface area contributed by atoms with Crippen molar-refractivity contribution in [2.45, 2.75) is 31.5 Å². The van der Waals surface area contributed by atoms with Crippen LogP contribution in [0.2, 0.25) is 5.02 Å². The van der Waals surface area contributed by atoms with Crippen LogP contribution in [0.15, 0.2) is 33.9 Å². The number of thiophene rings is 1. The van der Waals surface area contributed by atoms with E-state index in [2.05, 4.69) is 15.5 Å². The summed E-state index contributed by atoms with van der Waals surface area (Å²) in [4.78, 5) is 12.5. The van der Waals surface area contributed by atoms with Crippen LogP contribution in [0.3, 0.4) is 0 Å². The molecule has 1 aromatic carbocycles. The van der Waals surface area contributed by atoms with E-state index in [0.717, 1.165) is 21.4 Å². The van der Waals surface area contributed by atoms with E-state index in [4.69, 9.17) is 16.0 Å². The number of fused-ring (bicyclic) bond motifs is 1. The Labute approximate surface area is 152 Å². The summed E-state index contributed by atoms with van der Waals surface area (Å²) >= 11 is 9.14. The summed E-state index contributed by atoms with van der Waals surface area (Å²) in [5.74, 6) is 0.576. The Bertz CT molecular complexity index is 862. The lowest BCUT2D eigenvalue weighted by molar-refractivity contribution is -0.119. The summed E-state index contributed by atoms with van der Waals surface area (Å²) in [5, 5.41) is 12.9. The van der Waals surface area contributed by atoms with Crippen molar-refractivity contribution in [3.8, 4) is 10.8 Å². The molecule has 0 unspecified atom stereocenters. The first-order valence-electron chi connectivity index (χ1n) is 7.51. The first kappa shape index (κ1) is 17.3. The first-order chi connectivity index (χ1) is 11.6. The Kier molecular flexibility index (Phi) is 5.43. The highest BCUT2D eigenvalue weighted by atomic mass is 35.5. The van der Waals surface area contributed by atoms with Crippen molar-refractivity contribution in [1.29, 1.82) is 0 Å². The molecule has 1 N–H and O–H groups in total. The molecule has 2 aromatic heterocycles. The SMILES string of the molecule is CC[C@@H](C)NC(=O)CSc1nnc(-c2sc3ccccc3c2Cl)o1. The maximum absolute atomic E-state index is 11.8. The molecule has 126 valence electrons. The summed E-state index contributed by atoms with van der Waals surface area (Å²) in [6.45, 7) is 3.99. The molecule has 0 saturated carbocycles. The van der Waals surface area contributed by atoms with E-state index < -0.39 is 0 Å². The summed E-state index contributed by atoms with van der Waals surface area (Å²) < 4.78 is 6.72. The van der Waals surface area contributed by atoms with Crippen molar-refractivity contribution in [2.75, 3.05) is 5.75 Å². The lowest BCUT2D eigenvalue weighted by atomic mass is 10.2. The van der Waals surface area contributed by atoms with Crippen LogP contribution >= 0.6 is 34.7 Å². The largest absolute Gasteiger partial charge is 0.410 e. The second-order valence-electron chi connectivity index (χ2n) is 5.28. The molecule has 3 rings (SSSR count). The number of carbonyl (C=O) groups is 1. The number of carbonyl (C=O) groups excluding carboxylic acids is 1. The topological polar surface area (TPSA) is 68.0 Å². The third-order valence-electron chi connectivity index (χ3n) is 3.48. The smallest absolute Gasteiger partial charge is 0.277 e. The first-order valence-corrected chi connectivity index (χ1v) is 9.69. The number of aromatic nitrogens is 2. The number of hydrogen-bond donors (Lipinski definition) is 1. The van der Waals surface area contributed by atoms with Gasteiger partial charge < -0.3 is 9.73 Å². The van der Waals surface area contributed by atoms with Gasteiger partial charge in [0.1, 0.15) is 4.88 Å². The predicted molar refractivity (Wildman–Crippen MR) is 98.7 cm³/mol. The average Bonchev–Trinajstić information content (AvgIpc) is 3.18. The van der Waals surface area contributed by atoms with Gasteiger partial charge in [-0.05, 0) is 19.4 Å². The number of rotatable bonds is 6. The average molecular weight is 382 g/mol. The Morgan fingerprint density at radius 3 is 2.96 bits per heavy atom. The van der Waals surface area contributed by atoms with Gasteiger partial charge in [0.15, 0.2) is 0 Å². The molecule has 0 fully saturated rings. The van der Waals surface area contributed by atoms with E-state index >= 15 is 0 Å². The Morgan fingerprint density at radius 2 is 2.21 bits per heavy atom. The normalized spacial score (nSPS) is 12.5. The van der Waals surface area contributed by atoms with Crippen LogP contribution in [-0.4, -0.2) is 27.9 Å². The maximum atomic E-state index is 11.8. The molecule has 3 aromatic rings. The van der Waals surface area contributed by atoms with Crippen molar-refractivity contribution >= 4 is 50.7 Å². The molecular formula is C16H16ClN3O2S2. The van der Waals surface area contributed by atoms with Crippen LogP contribution in [0.1, 0.15) is 20.3 Å². The molecule has 24 heavy (non-hydrogen) atoms. The van der Waals surface area contributed by atoms with Gasteiger partial charge in [0, 0.05) is 16.1 Å². The fraction of sp³-hybridized carbons (Fsp3) is 0.312. The zero-order valence-corrected chi connectivity index (χ0v) is 15.6. The van der Waals surface area contributed by atoms with Gasteiger partial charge in [-0.25, -0.2) is 0 Å². The fourth-order valence-electron chi connectivity index (χ4n) is 2.06. The van der Waals surface area contributed by atoms with Gasteiger partial charge in [0.25, 0.3) is 11.1 Å². The highest BCUT2D eigenvalue weighted by Gasteiger charge is 2.18. The third kappa shape index (κ3) is 3.74. The molecule has 1 atom stereocenters. The minimum atomic E-state index is -0.0472. The van der Waals surface area contributed by atoms with Gasteiger partial charge >= 0.3 is 0 Å². The Hall–Kier alpha value is -1.57. The van der Waals surface area contributed by atoms with Crippen molar-refractivity contribution < 1.29 is 9.21 Å². The van der Waals surface area contributed by atoms with Crippen LogP contribution in [-0.2, 0) is 4.79 Å². The van der Waals surface area contributed by atoms with E-state index in [1.165, 1.54) is 23.1 Å². The van der Waals surface area contributed by atoms with E-state index in [9.17, 15) is 4.79 Å². The van der Waals surface area contributed by atoms with Crippen LogP contribution in [0, 0.1) is 0 Å². The van der Waals surface area contributed by atoms with Crippen molar-refractivity contribution in [3.63, 3.8) is 0 Å². The molecule has 0 bridgehead atoms. The maximum Gasteiger partial charge on any atom is 0.277 e. The molecule has 0 radical (unpaired) electrons. The lowest BCUT2D eigenvalue weighted by Crippen LogP contribution is -2.33. The van der Waals surface area contributed by atoms with Crippen LogP contribution in [0.5, 0.6) is 0 Å². The molecule has 2 heterocycles. The fourth-order valence-corrected chi connectivity index (χ4v) is 4.06. The van der Waals surface area contributed by atoms with E-state index in [0.29, 0.717) is 16.1 Å². The lowest BCUT2D eigenvalue weighted by Gasteiger charge is -2.09. The number of hydrogen-bond acceptors (Lipinski definition) is 6. The molecule has 0 aliphatic rings. The van der Waals surface area contributed by atoms with E-state index in [1.54, 1.807) is 0 Å². The summed E-state index contributed by atoms with van der Waals surface area (Å²) in [6, 6.07) is 8.03. The second kappa shape index (κ2) is 7.55. The summed E-state index contributed by atoms with van der Waals surface area (Å²) in [5.41, 5.74) is 0. The van der Waals surface area contributed by atoms with Crippen molar-refractivity contribution in [2.24, 2.45) is 0 Å². The molecule has 0 aliphatic carbocycles. The van der Waals surface area contributed by atoms with E-state index in [1.807, 2.05) is 38.1 Å². The summed E-state index contributed by atoms with van der Waals surface area (Å²) in [6.07, 6.45) is 0.894. The molecule has 1 amide bonds. The van der Waals surface area contributed by atoms with Gasteiger partial charge in [-0.3, -0.25) is 4.79 Å². The molecule has 8 heteroatoms. The minimum Gasteiger partial charge on any atom is -0.410 e. The number of amides is 1. The number of halogens is 1. The van der Waals surface area contributed by atoms with Crippen LogP contribution in [0.25, 0.3) is 20.9 Å². The molecule has 0 spiro atoms. The van der Waals surface area contributed by atoms with E-state index in [-0.39, 0.29) is 17.7 Å². The van der Waals surface area contributed by atoms with Gasteiger partial charge in [-0.2, -0.15) is 0 Å². The monoisotopic (exact) mass is 381 g/mol. The molecule has 5 nitrogen and oxygen atoms in total. The van der Waals surface area contributed by atoms with Crippen molar-refractivity contribution in [3.05, 3.63) is 29.3 Å². The zero-order valence-electron chi connectivity index (χ0n) is 13.2. The zero-order chi connectivity index (χ0) is 17.1. The molecular weight excluding hydrogens is 366 g/mol. The van der Waals surface area contributed by atoms with Gasteiger partial charge in [-0.15, -0.1) is 21.5 Å². The third-order valence-corrected chi connectivity index (χ3v) is 5.96. The minimum absolute atomic E-state index is 0.0472. The highest BCUT2D eigenvalue weighted by molar-refractivity contribution is 7.99. The number of benzene rings is 1. The highest BCUT2D eigenvalue weighted by Crippen LogP contribution is 2.41. The second-order valence-corrected chi connectivity index (χ2v) is 7.64. The van der Waals surface area contributed by atoms with Crippen molar-refractivity contribution in [1.82, 2.24) is 15.5 Å². The molecule has 0 aliphatic heterocycles. The van der Waals surface area contributed by atoms with Crippen LogP contribution in [0.4, 0.5) is 0 Å². The number of nitrogens with one attached hydrogen (secondary N) is 1. The van der Waals surface area contributed by atoms with Gasteiger partial charge in [-0.1, -0.05) is 48.5 Å².